The first-order chi connectivity index (χ1) is 14.2. The Kier molecular flexibility index (Phi) is 5.55. The van der Waals surface area contributed by atoms with Crippen molar-refractivity contribution in [3.8, 4) is 11.5 Å². The second-order valence-electron chi connectivity index (χ2n) is 7.15. The van der Waals surface area contributed by atoms with Crippen LogP contribution in [0.25, 0.3) is 11.0 Å². The Morgan fingerprint density at radius 1 is 1.07 bits per heavy atom. The van der Waals surface area contributed by atoms with Gasteiger partial charge in [0.15, 0.2) is 17.1 Å². The number of hydrogen-bond donors (Lipinski definition) is 0. The van der Waals surface area contributed by atoms with E-state index in [0.717, 1.165) is 48.2 Å². The minimum atomic E-state index is 0.130. The van der Waals surface area contributed by atoms with Gasteiger partial charge >= 0.3 is 0 Å². The summed E-state index contributed by atoms with van der Waals surface area (Å²) in [5, 5.41) is 1.00. The summed E-state index contributed by atoms with van der Waals surface area (Å²) >= 11 is 0. The highest BCUT2D eigenvalue weighted by Crippen LogP contribution is 2.31. The van der Waals surface area contributed by atoms with E-state index >= 15 is 0 Å². The second-order valence-corrected chi connectivity index (χ2v) is 7.15. The number of nitrogens with zero attached hydrogens (tertiary/aromatic N) is 4. The highest BCUT2D eigenvalue weighted by Gasteiger charge is 2.26. The predicted octanol–water partition coefficient (Wildman–Crippen LogP) is 2.99. The molecule has 0 bridgehead atoms. The normalized spacial score (nSPS) is 14.8. The van der Waals surface area contributed by atoms with Crippen molar-refractivity contribution in [2.45, 2.75) is 25.2 Å². The number of benzene rings is 1. The van der Waals surface area contributed by atoms with Gasteiger partial charge in [-0.2, -0.15) is 0 Å². The third kappa shape index (κ3) is 3.99. The van der Waals surface area contributed by atoms with Gasteiger partial charge in [0.2, 0.25) is 5.91 Å². The van der Waals surface area contributed by atoms with Crippen LogP contribution in [0, 0.1) is 0 Å². The molecule has 7 heteroatoms. The van der Waals surface area contributed by atoms with Gasteiger partial charge < -0.3 is 14.4 Å². The predicted molar refractivity (Wildman–Crippen MR) is 109 cm³/mol. The minimum Gasteiger partial charge on any atom is -0.493 e. The lowest BCUT2D eigenvalue weighted by molar-refractivity contribution is -0.131. The van der Waals surface area contributed by atoms with Gasteiger partial charge in [0.1, 0.15) is 6.33 Å². The fourth-order valence-corrected chi connectivity index (χ4v) is 3.92. The van der Waals surface area contributed by atoms with Crippen LogP contribution >= 0.6 is 0 Å². The van der Waals surface area contributed by atoms with Gasteiger partial charge in [-0.1, -0.05) is 6.07 Å². The molecule has 7 nitrogen and oxygen atoms in total. The maximum atomic E-state index is 12.8. The summed E-state index contributed by atoms with van der Waals surface area (Å²) in [4.78, 5) is 27.8. The smallest absolute Gasteiger partial charge is 0.226 e. The van der Waals surface area contributed by atoms with E-state index in [1.807, 2.05) is 35.2 Å². The van der Waals surface area contributed by atoms with Gasteiger partial charge in [0.25, 0.3) is 0 Å². The number of aromatic nitrogens is 3. The number of likely N-dealkylation sites (tertiary alicyclic amines) is 1. The number of carbonyl (C=O) groups is 1. The maximum absolute atomic E-state index is 12.8. The average molecular weight is 392 g/mol. The first-order valence-corrected chi connectivity index (χ1v) is 9.74. The van der Waals surface area contributed by atoms with Crippen LogP contribution in [0.2, 0.25) is 0 Å². The molecular weight excluding hydrogens is 368 g/mol. The Labute approximate surface area is 169 Å². The first kappa shape index (κ1) is 19.1. The van der Waals surface area contributed by atoms with Gasteiger partial charge in [0, 0.05) is 30.6 Å². The molecular formula is C22H24N4O3. The molecule has 150 valence electrons. The van der Waals surface area contributed by atoms with Crippen LogP contribution in [-0.2, 0) is 11.2 Å². The zero-order valence-electron chi connectivity index (χ0n) is 16.7. The molecule has 0 radical (unpaired) electrons. The number of carbonyl (C=O) groups excluding carboxylic acids is 1. The molecule has 3 aromatic rings. The van der Waals surface area contributed by atoms with E-state index in [2.05, 4.69) is 15.0 Å². The highest BCUT2D eigenvalue weighted by molar-refractivity contribution is 5.79. The summed E-state index contributed by atoms with van der Waals surface area (Å²) in [5.74, 6) is 1.75. The van der Waals surface area contributed by atoms with Crippen molar-refractivity contribution in [2.75, 3.05) is 27.3 Å². The Bertz CT molecular complexity index is 1010. The molecule has 0 aliphatic carbocycles. The molecule has 0 unspecified atom stereocenters. The van der Waals surface area contributed by atoms with Crippen molar-refractivity contribution in [3.63, 3.8) is 0 Å². The summed E-state index contributed by atoms with van der Waals surface area (Å²) < 4.78 is 10.6. The Hall–Kier alpha value is -3.22. The quantitative estimate of drug-likeness (QED) is 0.664. The van der Waals surface area contributed by atoms with Crippen molar-refractivity contribution < 1.29 is 14.3 Å². The van der Waals surface area contributed by atoms with Crippen LogP contribution < -0.4 is 9.47 Å². The van der Waals surface area contributed by atoms with Crippen LogP contribution in [0.1, 0.15) is 30.0 Å². The number of fused-ring (bicyclic) bond motifs is 1. The number of amides is 1. The highest BCUT2D eigenvalue weighted by atomic mass is 16.5. The fraction of sp³-hybridized carbons (Fsp3) is 0.364. The van der Waals surface area contributed by atoms with Crippen molar-refractivity contribution >= 4 is 16.9 Å². The van der Waals surface area contributed by atoms with Crippen LogP contribution in [0.4, 0.5) is 0 Å². The fourth-order valence-electron chi connectivity index (χ4n) is 3.92. The van der Waals surface area contributed by atoms with Crippen LogP contribution in [-0.4, -0.2) is 53.1 Å². The molecule has 1 aliphatic heterocycles. The van der Waals surface area contributed by atoms with Gasteiger partial charge in [-0.3, -0.25) is 4.79 Å². The lowest BCUT2D eigenvalue weighted by Crippen LogP contribution is -2.39. The number of ether oxygens (including phenoxy) is 2. The Balaban J connectivity index is 1.41. The van der Waals surface area contributed by atoms with Gasteiger partial charge in [-0.15, -0.1) is 0 Å². The van der Waals surface area contributed by atoms with Crippen molar-refractivity contribution in [2.24, 2.45) is 0 Å². The summed E-state index contributed by atoms with van der Waals surface area (Å²) in [6.45, 7) is 1.45. The minimum absolute atomic E-state index is 0.130. The molecule has 0 saturated carbocycles. The lowest BCUT2D eigenvalue weighted by atomic mass is 9.91. The van der Waals surface area contributed by atoms with E-state index in [-0.39, 0.29) is 5.91 Å². The van der Waals surface area contributed by atoms with Gasteiger partial charge in [-0.05, 0) is 42.7 Å². The lowest BCUT2D eigenvalue weighted by Gasteiger charge is -2.32. The third-order valence-corrected chi connectivity index (χ3v) is 5.48. The van der Waals surface area contributed by atoms with Crippen molar-refractivity contribution in [1.82, 2.24) is 19.9 Å². The summed E-state index contributed by atoms with van der Waals surface area (Å²) in [7, 11) is 3.20. The molecule has 0 atom stereocenters. The SMILES string of the molecule is COc1ccc(CC(=O)N2CCC(c3ncnc4ncccc34)CC2)cc1OC. The molecule has 1 saturated heterocycles. The number of methoxy groups -OCH3 is 2. The van der Waals surface area contributed by atoms with Crippen LogP contribution in [0.5, 0.6) is 11.5 Å². The van der Waals surface area contributed by atoms with Gasteiger partial charge in [-0.25, -0.2) is 15.0 Å². The molecule has 1 aromatic carbocycles. The third-order valence-electron chi connectivity index (χ3n) is 5.48. The average Bonchev–Trinajstić information content (AvgIpc) is 2.78. The molecule has 0 spiro atoms. The topological polar surface area (TPSA) is 77.4 Å². The molecule has 4 rings (SSSR count). The van der Waals surface area contributed by atoms with Crippen LogP contribution in [0.15, 0.2) is 42.9 Å². The van der Waals surface area contributed by atoms with E-state index in [0.29, 0.717) is 23.8 Å². The standard InChI is InChI=1S/C22H24N4O3/c1-28-18-6-5-15(12-19(18)29-2)13-20(27)26-10-7-16(8-11-26)21-17-4-3-9-23-22(17)25-14-24-21/h3-6,9,12,14,16H,7-8,10-11,13H2,1-2H3. The molecule has 2 aromatic heterocycles. The van der Waals surface area contributed by atoms with Crippen molar-refractivity contribution in [3.05, 3.63) is 54.1 Å². The molecule has 1 aliphatic rings. The summed E-state index contributed by atoms with van der Waals surface area (Å²) in [5.41, 5.74) is 2.68. The number of pyridine rings is 1. The first-order valence-electron chi connectivity index (χ1n) is 9.74. The summed E-state index contributed by atoms with van der Waals surface area (Å²) in [6, 6.07) is 9.54. The molecule has 1 fully saturated rings. The largest absolute Gasteiger partial charge is 0.493 e. The van der Waals surface area contributed by atoms with E-state index in [9.17, 15) is 4.79 Å². The molecule has 29 heavy (non-hydrogen) atoms. The zero-order valence-corrected chi connectivity index (χ0v) is 16.7. The Morgan fingerprint density at radius 2 is 1.86 bits per heavy atom. The second kappa shape index (κ2) is 8.43. The van der Waals surface area contributed by atoms with Gasteiger partial charge in [0.05, 0.1) is 26.3 Å². The monoisotopic (exact) mass is 392 g/mol. The van der Waals surface area contributed by atoms with E-state index in [1.54, 1.807) is 26.7 Å². The summed E-state index contributed by atoms with van der Waals surface area (Å²) in [6.07, 6.45) is 5.45. The van der Waals surface area contributed by atoms with E-state index < -0.39 is 0 Å². The molecule has 3 heterocycles. The molecule has 1 amide bonds. The Morgan fingerprint density at radius 3 is 2.62 bits per heavy atom. The molecule has 0 N–H and O–H groups in total. The number of rotatable bonds is 5. The van der Waals surface area contributed by atoms with E-state index in [4.69, 9.17) is 9.47 Å². The number of piperidine rings is 1. The van der Waals surface area contributed by atoms with Crippen LogP contribution in [0.3, 0.4) is 0 Å². The number of hydrogen-bond acceptors (Lipinski definition) is 6. The maximum Gasteiger partial charge on any atom is 0.226 e. The zero-order chi connectivity index (χ0) is 20.2. The van der Waals surface area contributed by atoms with Crippen molar-refractivity contribution in [1.29, 1.82) is 0 Å². The van der Waals surface area contributed by atoms with E-state index in [1.165, 1.54) is 0 Å².